The number of carbonyl (C=O) groups excluding carboxylic acids is 1. The van der Waals surface area contributed by atoms with Crippen LogP contribution < -0.4 is 5.32 Å². The Hall–Kier alpha value is -2.48. The van der Waals surface area contributed by atoms with E-state index in [1.807, 2.05) is 0 Å². The fraction of sp³-hybridized carbons (Fsp3) is 0.211. The number of amides is 1. The van der Waals surface area contributed by atoms with Crippen LogP contribution in [0.3, 0.4) is 0 Å². The molecule has 8 heteroatoms. The van der Waals surface area contributed by atoms with Crippen molar-refractivity contribution in [3.63, 3.8) is 0 Å². The molecule has 1 N–H and O–H groups in total. The molecule has 1 aliphatic heterocycles. The fourth-order valence-corrected chi connectivity index (χ4v) is 3.49. The summed E-state index contributed by atoms with van der Waals surface area (Å²) in [5.41, 5.74) is 1.97. The minimum absolute atomic E-state index is 0.109. The molecule has 0 atom stereocenters. The minimum atomic E-state index is -4.74. The SMILES string of the molecule is Cc1cc(-c2ccccc2NC(=O)C2=C(C(F)(F)F)OCCS2)ccc1F. The van der Waals surface area contributed by atoms with Crippen LogP contribution in [0.1, 0.15) is 5.56 Å². The van der Waals surface area contributed by atoms with Crippen molar-refractivity contribution in [1.82, 2.24) is 0 Å². The number of aryl methyl sites for hydroxylation is 1. The van der Waals surface area contributed by atoms with Crippen LogP contribution in [0.5, 0.6) is 0 Å². The second-order valence-electron chi connectivity index (χ2n) is 5.82. The number of ether oxygens (including phenoxy) is 1. The van der Waals surface area contributed by atoms with Gasteiger partial charge in [0.1, 0.15) is 10.7 Å². The lowest BCUT2D eigenvalue weighted by Gasteiger charge is -2.22. The van der Waals surface area contributed by atoms with Gasteiger partial charge in [-0.15, -0.1) is 11.8 Å². The van der Waals surface area contributed by atoms with E-state index in [9.17, 15) is 22.4 Å². The topological polar surface area (TPSA) is 38.3 Å². The number of allylic oxidation sites excluding steroid dienone is 1. The highest BCUT2D eigenvalue weighted by Gasteiger charge is 2.42. The molecule has 2 aromatic carbocycles. The van der Waals surface area contributed by atoms with Crippen molar-refractivity contribution >= 4 is 23.4 Å². The molecule has 1 heterocycles. The number of hydrogen-bond donors (Lipinski definition) is 1. The van der Waals surface area contributed by atoms with Gasteiger partial charge in [-0.05, 0) is 36.2 Å². The fourth-order valence-electron chi connectivity index (χ4n) is 2.63. The lowest BCUT2D eigenvalue weighted by atomic mass is 10.0. The van der Waals surface area contributed by atoms with Crippen LogP contribution in [0.4, 0.5) is 23.2 Å². The number of alkyl halides is 3. The maximum Gasteiger partial charge on any atom is 0.450 e. The zero-order valence-corrected chi connectivity index (χ0v) is 15.0. The van der Waals surface area contributed by atoms with E-state index < -0.39 is 22.7 Å². The average molecular weight is 397 g/mol. The number of anilines is 1. The van der Waals surface area contributed by atoms with Gasteiger partial charge in [-0.2, -0.15) is 13.2 Å². The first-order chi connectivity index (χ1) is 12.8. The van der Waals surface area contributed by atoms with E-state index in [0.717, 1.165) is 11.8 Å². The normalized spacial score (nSPS) is 14.7. The van der Waals surface area contributed by atoms with Crippen molar-refractivity contribution in [3.05, 3.63) is 64.5 Å². The van der Waals surface area contributed by atoms with Crippen LogP contribution in [0.25, 0.3) is 11.1 Å². The molecule has 2 aromatic rings. The molecule has 0 fully saturated rings. The summed E-state index contributed by atoms with van der Waals surface area (Å²) in [6.45, 7) is 1.50. The molecule has 0 radical (unpaired) electrons. The maximum absolute atomic E-state index is 13.5. The zero-order valence-electron chi connectivity index (χ0n) is 14.2. The number of para-hydroxylation sites is 1. The highest BCUT2D eigenvalue weighted by molar-refractivity contribution is 8.04. The Balaban J connectivity index is 1.95. The number of benzene rings is 2. The molecule has 0 aromatic heterocycles. The lowest BCUT2D eigenvalue weighted by Crippen LogP contribution is -2.26. The van der Waals surface area contributed by atoms with Gasteiger partial charge in [-0.1, -0.05) is 24.3 Å². The van der Waals surface area contributed by atoms with Crippen molar-refractivity contribution < 1.29 is 27.1 Å². The summed E-state index contributed by atoms with van der Waals surface area (Å²) in [5.74, 6) is -2.28. The number of rotatable bonds is 3. The predicted molar refractivity (Wildman–Crippen MR) is 96.7 cm³/mol. The van der Waals surface area contributed by atoms with Crippen LogP contribution in [0, 0.1) is 12.7 Å². The summed E-state index contributed by atoms with van der Waals surface area (Å²) in [4.78, 5) is 12.0. The number of hydrogen-bond acceptors (Lipinski definition) is 3. The van der Waals surface area contributed by atoms with Crippen LogP contribution in [-0.4, -0.2) is 24.4 Å². The van der Waals surface area contributed by atoms with E-state index in [-0.39, 0.29) is 18.2 Å². The van der Waals surface area contributed by atoms with E-state index in [0.29, 0.717) is 22.4 Å². The predicted octanol–water partition coefficient (Wildman–Crippen LogP) is 5.28. The van der Waals surface area contributed by atoms with E-state index >= 15 is 0 Å². The number of nitrogens with one attached hydrogen (secondary N) is 1. The summed E-state index contributed by atoms with van der Waals surface area (Å²) in [5, 5.41) is 2.52. The molecule has 3 nitrogen and oxygen atoms in total. The van der Waals surface area contributed by atoms with E-state index in [1.165, 1.54) is 6.07 Å². The van der Waals surface area contributed by atoms with Crippen molar-refractivity contribution in [2.75, 3.05) is 17.7 Å². The Labute approximate surface area is 157 Å². The van der Waals surface area contributed by atoms with Gasteiger partial charge in [0, 0.05) is 17.0 Å². The molecule has 142 valence electrons. The maximum atomic E-state index is 13.5. The van der Waals surface area contributed by atoms with Gasteiger partial charge >= 0.3 is 6.18 Å². The largest absolute Gasteiger partial charge is 0.487 e. The quantitative estimate of drug-likeness (QED) is 0.717. The third-order valence-corrected chi connectivity index (χ3v) is 4.92. The Morgan fingerprint density at radius 1 is 1.19 bits per heavy atom. The zero-order chi connectivity index (χ0) is 19.6. The van der Waals surface area contributed by atoms with Gasteiger partial charge < -0.3 is 10.1 Å². The van der Waals surface area contributed by atoms with Gasteiger partial charge in [0.15, 0.2) is 0 Å². The van der Waals surface area contributed by atoms with Gasteiger partial charge in [-0.25, -0.2) is 4.39 Å². The van der Waals surface area contributed by atoms with Gasteiger partial charge in [-0.3, -0.25) is 4.79 Å². The molecule has 1 aliphatic rings. The van der Waals surface area contributed by atoms with Crippen LogP contribution in [0.15, 0.2) is 53.1 Å². The third-order valence-electron chi connectivity index (χ3n) is 3.89. The number of carbonyl (C=O) groups is 1. The summed E-state index contributed by atoms with van der Waals surface area (Å²) in [6.07, 6.45) is -4.74. The first-order valence-electron chi connectivity index (χ1n) is 8.01. The number of thioether (sulfide) groups is 1. The second-order valence-corrected chi connectivity index (χ2v) is 6.92. The molecule has 0 unspecified atom stereocenters. The first kappa shape index (κ1) is 19.3. The Morgan fingerprint density at radius 2 is 1.93 bits per heavy atom. The molecule has 0 bridgehead atoms. The standard InChI is InChI=1S/C19H15F4NO2S/c1-11-10-12(6-7-14(11)20)13-4-2-3-5-15(13)24-18(25)16-17(19(21,22)23)26-8-9-27-16/h2-7,10H,8-9H2,1H3,(H,24,25). The van der Waals surface area contributed by atoms with Crippen LogP contribution in [0.2, 0.25) is 0 Å². The first-order valence-corrected chi connectivity index (χ1v) is 9.00. The Kier molecular flexibility index (Phi) is 5.46. The molecule has 0 aliphatic carbocycles. The van der Waals surface area contributed by atoms with E-state index in [4.69, 9.17) is 0 Å². The van der Waals surface area contributed by atoms with Crippen LogP contribution >= 0.6 is 11.8 Å². The van der Waals surface area contributed by atoms with Crippen molar-refractivity contribution in [2.45, 2.75) is 13.1 Å². The summed E-state index contributed by atoms with van der Waals surface area (Å²) >= 11 is 0.805. The average Bonchev–Trinajstić information content (AvgIpc) is 2.64. The van der Waals surface area contributed by atoms with E-state index in [1.54, 1.807) is 43.3 Å². The van der Waals surface area contributed by atoms with Crippen molar-refractivity contribution in [1.29, 1.82) is 0 Å². The molecule has 3 rings (SSSR count). The minimum Gasteiger partial charge on any atom is -0.487 e. The molecule has 27 heavy (non-hydrogen) atoms. The molecule has 0 spiro atoms. The lowest BCUT2D eigenvalue weighted by molar-refractivity contribution is -0.133. The van der Waals surface area contributed by atoms with Gasteiger partial charge in [0.25, 0.3) is 5.91 Å². The molecular weight excluding hydrogens is 382 g/mol. The molecule has 0 saturated heterocycles. The monoisotopic (exact) mass is 397 g/mol. The van der Waals surface area contributed by atoms with Crippen LogP contribution in [-0.2, 0) is 9.53 Å². The summed E-state index contributed by atoms with van der Waals surface area (Å²) in [6, 6.07) is 11.1. The number of halogens is 4. The van der Waals surface area contributed by atoms with E-state index in [2.05, 4.69) is 10.1 Å². The third kappa shape index (κ3) is 4.27. The van der Waals surface area contributed by atoms with Gasteiger partial charge in [0.05, 0.1) is 6.61 Å². The molecular formula is C19H15F4NO2S. The highest BCUT2D eigenvalue weighted by atomic mass is 32.2. The Morgan fingerprint density at radius 3 is 2.63 bits per heavy atom. The Bertz CT molecular complexity index is 909. The molecule has 1 amide bonds. The summed E-state index contributed by atoms with van der Waals surface area (Å²) < 4.78 is 57.5. The van der Waals surface area contributed by atoms with Gasteiger partial charge in [0.2, 0.25) is 5.76 Å². The second kappa shape index (κ2) is 7.64. The smallest absolute Gasteiger partial charge is 0.450 e. The van der Waals surface area contributed by atoms with Crippen molar-refractivity contribution in [2.24, 2.45) is 0 Å². The summed E-state index contributed by atoms with van der Waals surface area (Å²) in [7, 11) is 0. The highest BCUT2D eigenvalue weighted by Crippen LogP contribution is 2.38. The molecule has 0 saturated carbocycles. The van der Waals surface area contributed by atoms with Crippen molar-refractivity contribution in [3.8, 4) is 11.1 Å².